The lowest BCUT2D eigenvalue weighted by molar-refractivity contribution is -0.166. The Morgan fingerprint density at radius 2 is 0.959 bits per heavy atom. The lowest BCUT2D eigenvalue weighted by Gasteiger charge is -2.18. The number of esters is 3. The summed E-state index contributed by atoms with van der Waals surface area (Å²) in [5.41, 5.74) is 0. The first-order chi connectivity index (χ1) is 24.0. The maximum atomic E-state index is 12.5. The van der Waals surface area contributed by atoms with Crippen molar-refractivity contribution >= 4 is 17.9 Å². The van der Waals surface area contributed by atoms with Crippen molar-refractivity contribution in [3.05, 3.63) is 109 Å². The molecule has 0 aliphatic heterocycles. The first-order valence-corrected chi connectivity index (χ1v) is 18.5. The van der Waals surface area contributed by atoms with Crippen LogP contribution < -0.4 is 0 Å². The van der Waals surface area contributed by atoms with Gasteiger partial charge in [-0.25, -0.2) is 0 Å². The summed E-state index contributed by atoms with van der Waals surface area (Å²) in [4.78, 5) is 37.2. The highest BCUT2D eigenvalue weighted by atomic mass is 16.6. The third kappa shape index (κ3) is 35.2. The van der Waals surface area contributed by atoms with E-state index in [2.05, 4.69) is 57.2 Å². The van der Waals surface area contributed by atoms with E-state index in [1.165, 1.54) is 25.7 Å². The van der Waals surface area contributed by atoms with Crippen LogP contribution in [0.4, 0.5) is 0 Å². The summed E-state index contributed by atoms with van der Waals surface area (Å²) in [6, 6.07) is 0. The first-order valence-electron chi connectivity index (χ1n) is 18.5. The zero-order valence-electron chi connectivity index (χ0n) is 30.6. The van der Waals surface area contributed by atoms with Crippen LogP contribution in [0.2, 0.25) is 0 Å². The van der Waals surface area contributed by atoms with Crippen LogP contribution in [-0.2, 0) is 28.6 Å². The van der Waals surface area contributed by atoms with Crippen molar-refractivity contribution in [3.63, 3.8) is 0 Å². The SMILES string of the molecule is CC\C=C/C=C\C=C/C=C\C=C/CCCC(=O)OCC(COC(=O)CCC/C=C\CCCCCC)OC(=O)C/C=C\C/C=C\C/C=C\CC. The van der Waals surface area contributed by atoms with Gasteiger partial charge in [-0.2, -0.15) is 0 Å². The Kier molecular flexibility index (Phi) is 33.9. The van der Waals surface area contributed by atoms with Gasteiger partial charge in [0.15, 0.2) is 6.10 Å². The molecule has 1 unspecified atom stereocenters. The Labute approximate surface area is 298 Å². The van der Waals surface area contributed by atoms with Crippen molar-refractivity contribution in [2.75, 3.05) is 13.2 Å². The van der Waals surface area contributed by atoms with E-state index in [1.54, 1.807) is 6.08 Å². The summed E-state index contributed by atoms with van der Waals surface area (Å²) in [5, 5.41) is 0. The molecule has 0 heterocycles. The second-order valence-corrected chi connectivity index (χ2v) is 11.5. The van der Waals surface area contributed by atoms with E-state index in [1.807, 2.05) is 66.8 Å². The first kappa shape index (κ1) is 45.1. The fraction of sp³-hybridized carbons (Fsp3) is 0.512. The van der Waals surface area contributed by atoms with Gasteiger partial charge in [-0.1, -0.05) is 149 Å². The van der Waals surface area contributed by atoms with Crippen molar-refractivity contribution in [2.45, 2.75) is 130 Å². The smallest absolute Gasteiger partial charge is 0.310 e. The lowest BCUT2D eigenvalue weighted by Crippen LogP contribution is -2.30. The summed E-state index contributed by atoms with van der Waals surface area (Å²) in [7, 11) is 0. The van der Waals surface area contributed by atoms with Gasteiger partial charge in [0.2, 0.25) is 0 Å². The van der Waals surface area contributed by atoms with Crippen molar-refractivity contribution < 1.29 is 28.6 Å². The lowest BCUT2D eigenvalue weighted by atomic mass is 10.1. The van der Waals surface area contributed by atoms with E-state index in [9.17, 15) is 14.4 Å². The molecule has 272 valence electrons. The standard InChI is InChI=1S/C43H64O6/c1-4-7-10-13-16-19-20-21-22-25-27-30-33-36-42(45)48-39-40(49-43(46)37-34-31-28-24-18-15-12-9-6-3)38-47-41(44)35-32-29-26-23-17-14-11-8-5-2/h7,9-10,12-13,16,18-27,31,34,40H,4-6,8,11,14-15,17,28-30,32-33,35-39H2,1-3H3/b10-7-,12-9-,16-13-,20-19-,22-21-,24-18-,26-23-,27-25-,34-31-. The van der Waals surface area contributed by atoms with Crippen LogP contribution in [-0.4, -0.2) is 37.2 Å². The van der Waals surface area contributed by atoms with E-state index in [4.69, 9.17) is 14.2 Å². The van der Waals surface area contributed by atoms with Crippen molar-refractivity contribution in [2.24, 2.45) is 0 Å². The van der Waals surface area contributed by atoms with Crippen LogP contribution in [0.1, 0.15) is 124 Å². The largest absolute Gasteiger partial charge is 0.462 e. The minimum Gasteiger partial charge on any atom is -0.462 e. The molecular formula is C43H64O6. The summed E-state index contributed by atoms with van der Waals surface area (Å²) < 4.78 is 16.3. The molecule has 0 aliphatic rings. The van der Waals surface area contributed by atoms with Gasteiger partial charge in [-0.3, -0.25) is 14.4 Å². The Morgan fingerprint density at radius 1 is 0.469 bits per heavy atom. The quantitative estimate of drug-likeness (QED) is 0.0248. The molecule has 0 rings (SSSR count). The van der Waals surface area contributed by atoms with E-state index < -0.39 is 12.1 Å². The van der Waals surface area contributed by atoms with E-state index in [0.717, 1.165) is 44.9 Å². The fourth-order valence-electron chi connectivity index (χ4n) is 4.18. The summed E-state index contributed by atoms with van der Waals surface area (Å²) in [6.45, 7) is 6.09. The molecule has 0 amide bonds. The second kappa shape index (κ2) is 36.9. The maximum absolute atomic E-state index is 12.5. The van der Waals surface area contributed by atoms with Gasteiger partial charge < -0.3 is 14.2 Å². The van der Waals surface area contributed by atoms with Crippen molar-refractivity contribution in [1.82, 2.24) is 0 Å². The molecule has 0 aromatic carbocycles. The van der Waals surface area contributed by atoms with Crippen LogP contribution in [0.3, 0.4) is 0 Å². The molecule has 0 bridgehead atoms. The molecule has 0 aliphatic carbocycles. The molecule has 0 radical (unpaired) electrons. The average molecular weight is 677 g/mol. The van der Waals surface area contributed by atoms with Gasteiger partial charge in [-0.15, -0.1) is 0 Å². The molecule has 0 saturated heterocycles. The summed E-state index contributed by atoms with van der Waals surface area (Å²) >= 11 is 0. The molecule has 0 aromatic heterocycles. The zero-order chi connectivity index (χ0) is 35.9. The highest BCUT2D eigenvalue weighted by Gasteiger charge is 2.19. The molecule has 1 atom stereocenters. The molecule has 0 aromatic rings. The number of unbranched alkanes of at least 4 members (excludes halogenated alkanes) is 6. The van der Waals surface area contributed by atoms with Crippen molar-refractivity contribution in [1.29, 1.82) is 0 Å². The fourth-order valence-corrected chi connectivity index (χ4v) is 4.18. The Balaban J connectivity index is 4.67. The van der Waals surface area contributed by atoms with E-state index in [0.29, 0.717) is 12.8 Å². The van der Waals surface area contributed by atoms with Crippen LogP contribution in [0.5, 0.6) is 0 Å². The van der Waals surface area contributed by atoms with E-state index >= 15 is 0 Å². The van der Waals surface area contributed by atoms with Crippen molar-refractivity contribution in [3.8, 4) is 0 Å². The Bertz CT molecular complexity index is 1100. The molecule has 49 heavy (non-hydrogen) atoms. The molecule has 0 fully saturated rings. The predicted molar refractivity (Wildman–Crippen MR) is 205 cm³/mol. The third-order valence-corrected chi connectivity index (χ3v) is 6.90. The zero-order valence-corrected chi connectivity index (χ0v) is 30.6. The molecule has 6 nitrogen and oxygen atoms in total. The summed E-state index contributed by atoms with van der Waals surface area (Å²) in [6.07, 6.45) is 48.4. The highest BCUT2D eigenvalue weighted by Crippen LogP contribution is 2.07. The van der Waals surface area contributed by atoms with Crippen LogP contribution in [0.25, 0.3) is 0 Å². The number of hydrogen-bond acceptors (Lipinski definition) is 6. The van der Waals surface area contributed by atoms with Gasteiger partial charge >= 0.3 is 17.9 Å². The number of allylic oxidation sites excluding steroid dienone is 17. The number of ether oxygens (including phenoxy) is 3. The van der Waals surface area contributed by atoms with Crippen LogP contribution in [0, 0.1) is 0 Å². The average Bonchev–Trinajstić information content (AvgIpc) is 3.10. The molecule has 6 heteroatoms. The monoisotopic (exact) mass is 676 g/mol. The number of rotatable bonds is 30. The number of hydrogen-bond donors (Lipinski definition) is 0. The third-order valence-electron chi connectivity index (χ3n) is 6.90. The maximum Gasteiger partial charge on any atom is 0.310 e. The minimum atomic E-state index is -0.863. The van der Waals surface area contributed by atoms with Gasteiger partial charge in [0, 0.05) is 12.8 Å². The second-order valence-electron chi connectivity index (χ2n) is 11.5. The molecule has 0 N–H and O–H groups in total. The predicted octanol–water partition coefficient (Wildman–Crippen LogP) is 11.3. The van der Waals surface area contributed by atoms with E-state index in [-0.39, 0.29) is 44.4 Å². The van der Waals surface area contributed by atoms with Gasteiger partial charge in [0.1, 0.15) is 13.2 Å². The van der Waals surface area contributed by atoms with Gasteiger partial charge in [0.05, 0.1) is 6.42 Å². The normalized spacial score (nSPS) is 13.3. The molecule has 0 saturated carbocycles. The van der Waals surface area contributed by atoms with Crippen LogP contribution >= 0.6 is 0 Å². The number of carbonyl (C=O) groups is 3. The molecule has 0 spiro atoms. The van der Waals surface area contributed by atoms with Crippen LogP contribution in [0.15, 0.2) is 109 Å². The Morgan fingerprint density at radius 3 is 1.53 bits per heavy atom. The number of carbonyl (C=O) groups excluding carboxylic acids is 3. The molecular weight excluding hydrogens is 612 g/mol. The summed E-state index contributed by atoms with van der Waals surface area (Å²) in [5.74, 6) is -1.21. The highest BCUT2D eigenvalue weighted by molar-refractivity contribution is 5.72. The minimum absolute atomic E-state index is 0.0797. The topological polar surface area (TPSA) is 78.9 Å². The van der Waals surface area contributed by atoms with Gasteiger partial charge in [-0.05, 0) is 64.2 Å². The van der Waals surface area contributed by atoms with Gasteiger partial charge in [0.25, 0.3) is 0 Å². The Hall–Kier alpha value is -3.93.